The fourth-order valence-electron chi connectivity index (χ4n) is 3.20. The minimum absolute atomic E-state index is 0.0137. The van der Waals surface area contributed by atoms with Gasteiger partial charge in [-0.25, -0.2) is 4.98 Å². The monoisotopic (exact) mass is 306 g/mol. The highest BCUT2D eigenvalue weighted by atomic mass is 32.1. The number of nitrogens with zero attached hydrogens (tertiary/aromatic N) is 2. The quantitative estimate of drug-likeness (QED) is 0.948. The van der Waals surface area contributed by atoms with Gasteiger partial charge in [-0.3, -0.25) is 9.36 Å². The van der Waals surface area contributed by atoms with Crippen LogP contribution >= 0.6 is 11.3 Å². The summed E-state index contributed by atoms with van der Waals surface area (Å²) in [6.07, 6.45) is 4.78. The third-order valence-electron chi connectivity index (χ3n) is 4.55. The van der Waals surface area contributed by atoms with Crippen LogP contribution in [0.15, 0.2) is 11.1 Å². The van der Waals surface area contributed by atoms with Gasteiger partial charge < -0.3 is 5.11 Å². The van der Waals surface area contributed by atoms with E-state index in [1.54, 1.807) is 22.2 Å². The van der Waals surface area contributed by atoms with E-state index in [-0.39, 0.29) is 24.1 Å². The molecule has 0 aliphatic heterocycles. The zero-order chi connectivity index (χ0) is 15.1. The second kappa shape index (κ2) is 5.54. The number of fused-ring (bicyclic) bond motifs is 3. The Morgan fingerprint density at radius 2 is 2.29 bits per heavy atom. The van der Waals surface area contributed by atoms with Crippen LogP contribution in [0, 0.1) is 11.8 Å². The Hall–Kier alpha value is -1.20. The Morgan fingerprint density at radius 3 is 2.95 bits per heavy atom. The summed E-state index contributed by atoms with van der Waals surface area (Å²) in [4.78, 5) is 19.5. The fourth-order valence-corrected chi connectivity index (χ4v) is 4.54. The molecule has 0 spiro atoms. The van der Waals surface area contributed by atoms with Gasteiger partial charge in [-0.05, 0) is 36.7 Å². The van der Waals surface area contributed by atoms with Gasteiger partial charge in [-0.15, -0.1) is 11.3 Å². The smallest absolute Gasteiger partial charge is 0.262 e. The SMILES string of the molecule is CC(C)[C@@H](CO)n1cnc2sc3c(c2c1=O)CC[C@@H](C)C3. The maximum absolute atomic E-state index is 12.9. The van der Waals surface area contributed by atoms with Gasteiger partial charge >= 0.3 is 0 Å². The minimum atomic E-state index is -0.201. The van der Waals surface area contributed by atoms with Crippen molar-refractivity contribution in [2.24, 2.45) is 11.8 Å². The number of hydrogen-bond donors (Lipinski definition) is 1. The van der Waals surface area contributed by atoms with Crippen molar-refractivity contribution in [3.63, 3.8) is 0 Å². The van der Waals surface area contributed by atoms with Crippen molar-refractivity contribution < 1.29 is 5.11 Å². The second-order valence-corrected chi connectivity index (χ2v) is 7.57. The maximum atomic E-state index is 12.9. The van der Waals surface area contributed by atoms with Crippen LogP contribution in [0.2, 0.25) is 0 Å². The van der Waals surface area contributed by atoms with Crippen LogP contribution in [-0.4, -0.2) is 21.3 Å². The molecule has 3 rings (SSSR count). The number of thiophene rings is 1. The van der Waals surface area contributed by atoms with Gasteiger partial charge in [0.1, 0.15) is 4.83 Å². The van der Waals surface area contributed by atoms with E-state index in [0.717, 1.165) is 29.5 Å². The molecule has 5 heteroatoms. The Balaban J connectivity index is 2.19. The summed E-state index contributed by atoms with van der Waals surface area (Å²) in [6, 6.07) is -0.201. The standard InChI is InChI=1S/C16H22N2O2S/c1-9(2)12(7-19)18-8-17-15-14(16(18)20)11-5-4-10(3)6-13(11)21-15/h8-10,12,19H,4-7H2,1-3H3/t10-,12-/m1/s1. The molecule has 2 heterocycles. The summed E-state index contributed by atoms with van der Waals surface area (Å²) in [5, 5.41) is 10.4. The molecule has 2 atom stereocenters. The molecule has 21 heavy (non-hydrogen) atoms. The van der Waals surface area contributed by atoms with Crippen LogP contribution < -0.4 is 5.56 Å². The van der Waals surface area contributed by atoms with Crippen LogP contribution in [-0.2, 0) is 12.8 Å². The van der Waals surface area contributed by atoms with Crippen molar-refractivity contribution in [1.29, 1.82) is 0 Å². The lowest BCUT2D eigenvalue weighted by Gasteiger charge is -2.21. The van der Waals surface area contributed by atoms with Crippen molar-refractivity contribution in [1.82, 2.24) is 9.55 Å². The molecule has 0 saturated carbocycles. The van der Waals surface area contributed by atoms with E-state index in [9.17, 15) is 9.90 Å². The molecule has 1 N–H and O–H groups in total. The highest BCUT2D eigenvalue weighted by Gasteiger charge is 2.25. The lowest BCUT2D eigenvalue weighted by Crippen LogP contribution is -2.30. The zero-order valence-corrected chi connectivity index (χ0v) is 13.6. The van der Waals surface area contributed by atoms with Crippen molar-refractivity contribution >= 4 is 21.6 Å². The molecule has 0 aromatic carbocycles. The first-order valence-corrected chi connectivity index (χ1v) is 8.46. The molecule has 114 valence electrons. The highest BCUT2D eigenvalue weighted by Crippen LogP contribution is 2.35. The highest BCUT2D eigenvalue weighted by molar-refractivity contribution is 7.18. The van der Waals surface area contributed by atoms with Gasteiger partial charge in [0.25, 0.3) is 5.56 Å². The van der Waals surface area contributed by atoms with E-state index in [0.29, 0.717) is 5.92 Å². The van der Waals surface area contributed by atoms with Gasteiger partial charge in [0.15, 0.2) is 0 Å². The number of aryl methyl sites for hydroxylation is 1. The number of aromatic nitrogens is 2. The molecule has 0 radical (unpaired) electrons. The summed E-state index contributed by atoms with van der Waals surface area (Å²) < 4.78 is 1.62. The van der Waals surface area contributed by atoms with E-state index in [1.165, 1.54) is 10.4 Å². The molecular formula is C16H22N2O2S. The predicted octanol–water partition coefficient (Wildman–Crippen LogP) is 2.77. The molecule has 1 aliphatic rings. The van der Waals surface area contributed by atoms with Gasteiger partial charge in [-0.1, -0.05) is 20.8 Å². The van der Waals surface area contributed by atoms with Gasteiger partial charge in [0.2, 0.25) is 0 Å². The number of aliphatic hydroxyl groups excluding tert-OH is 1. The average Bonchev–Trinajstić information content (AvgIpc) is 2.79. The normalized spacial score (nSPS) is 20.0. The zero-order valence-electron chi connectivity index (χ0n) is 12.8. The molecule has 2 aromatic heterocycles. The molecule has 0 unspecified atom stereocenters. The lowest BCUT2D eigenvalue weighted by atomic mass is 9.89. The van der Waals surface area contributed by atoms with Crippen LogP contribution in [0.3, 0.4) is 0 Å². The summed E-state index contributed by atoms with van der Waals surface area (Å²) in [7, 11) is 0. The van der Waals surface area contributed by atoms with E-state index in [1.807, 2.05) is 13.8 Å². The Morgan fingerprint density at radius 1 is 1.52 bits per heavy atom. The predicted molar refractivity (Wildman–Crippen MR) is 86.0 cm³/mol. The molecule has 0 amide bonds. The molecule has 1 aliphatic carbocycles. The minimum Gasteiger partial charge on any atom is -0.394 e. The average molecular weight is 306 g/mol. The van der Waals surface area contributed by atoms with E-state index in [2.05, 4.69) is 11.9 Å². The molecule has 2 aromatic rings. The van der Waals surface area contributed by atoms with E-state index >= 15 is 0 Å². The van der Waals surface area contributed by atoms with Crippen molar-refractivity contribution in [2.45, 2.75) is 46.1 Å². The first-order valence-electron chi connectivity index (χ1n) is 7.65. The Bertz CT molecular complexity index is 717. The third kappa shape index (κ3) is 2.42. The molecular weight excluding hydrogens is 284 g/mol. The largest absolute Gasteiger partial charge is 0.394 e. The number of rotatable bonds is 3. The number of hydrogen-bond acceptors (Lipinski definition) is 4. The lowest BCUT2D eigenvalue weighted by molar-refractivity contribution is 0.189. The maximum Gasteiger partial charge on any atom is 0.262 e. The molecule has 0 fully saturated rings. The first kappa shape index (κ1) is 14.7. The summed E-state index contributed by atoms with van der Waals surface area (Å²) >= 11 is 1.67. The third-order valence-corrected chi connectivity index (χ3v) is 5.72. The van der Waals surface area contributed by atoms with Crippen LogP contribution in [0.1, 0.15) is 43.7 Å². The van der Waals surface area contributed by atoms with Crippen LogP contribution in [0.4, 0.5) is 0 Å². The summed E-state index contributed by atoms with van der Waals surface area (Å²) in [5.41, 5.74) is 1.22. The van der Waals surface area contributed by atoms with Gasteiger partial charge in [-0.2, -0.15) is 0 Å². The summed E-state index contributed by atoms with van der Waals surface area (Å²) in [6.45, 7) is 6.26. The van der Waals surface area contributed by atoms with Crippen molar-refractivity contribution in [3.05, 3.63) is 27.1 Å². The molecule has 0 bridgehead atoms. The van der Waals surface area contributed by atoms with Crippen LogP contribution in [0.25, 0.3) is 10.2 Å². The van der Waals surface area contributed by atoms with Gasteiger partial charge in [0.05, 0.1) is 24.4 Å². The fraction of sp³-hybridized carbons (Fsp3) is 0.625. The first-order chi connectivity index (χ1) is 10.0. The van der Waals surface area contributed by atoms with E-state index in [4.69, 9.17) is 0 Å². The van der Waals surface area contributed by atoms with Crippen molar-refractivity contribution in [2.75, 3.05) is 6.61 Å². The van der Waals surface area contributed by atoms with Gasteiger partial charge in [0, 0.05) is 4.88 Å². The Kier molecular flexibility index (Phi) is 3.88. The van der Waals surface area contributed by atoms with Crippen molar-refractivity contribution in [3.8, 4) is 0 Å². The second-order valence-electron chi connectivity index (χ2n) is 6.48. The molecule has 0 saturated heterocycles. The van der Waals surface area contributed by atoms with E-state index < -0.39 is 0 Å². The Labute approximate surface area is 128 Å². The van der Waals surface area contributed by atoms with Crippen LogP contribution in [0.5, 0.6) is 0 Å². The number of aliphatic hydroxyl groups is 1. The topological polar surface area (TPSA) is 55.1 Å². The molecule has 4 nitrogen and oxygen atoms in total. The summed E-state index contributed by atoms with van der Waals surface area (Å²) in [5.74, 6) is 0.884.